The lowest BCUT2D eigenvalue weighted by atomic mass is 9.94. The van der Waals surface area contributed by atoms with Crippen LogP contribution in [0.5, 0.6) is 0 Å². The number of nitro benzene ring substituents is 1. The summed E-state index contributed by atoms with van der Waals surface area (Å²) in [5, 5.41) is 14.1. The lowest BCUT2D eigenvalue weighted by Gasteiger charge is -2.33. The number of carbonyl (C=O) groups excluding carboxylic acids is 2. The molecule has 0 saturated carbocycles. The number of esters is 1. The topological polar surface area (TPSA) is 102 Å². The number of nitrogens with one attached hydrogen (secondary N) is 1. The molecule has 0 saturated heterocycles. The van der Waals surface area contributed by atoms with E-state index in [0.29, 0.717) is 16.8 Å². The van der Waals surface area contributed by atoms with Gasteiger partial charge in [-0.05, 0) is 25.0 Å². The van der Waals surface area contributed by atoms with Gasteiger partial charge in [0, 0.05) is 24.4 Å². The molecule has 2 amide bonds. The predicted octanol–water partition coefficient (Wildman–Crippen LogP) is 3.62. The largest absolute Gasteiger partial charge is 0.457 e. The maximum absolute atomic E-state index is 12.9. The van der Waals surface area contributed by atoms with Gasteiger partial charge in [-0.1, -0.05) is 42.5 Å². The van der Waals surface area contributed by atoms with Crippen LogP contribution in [0.3, 0.4) is 0 Å². The summed E-state index contributed by atoms with van der Waals surface area (Å²) in [7, 11) is 1.54. The second-order valence-electron chi connectivity index (χ2n) is 6.81. The van der Waals surface area contributed by atoms with Crippen molar-refractivity contribution in [2.24, 2.45) is 0 Å². The standard InChI is InChI=1S/C21H21N3O5/c1-13-9-10-16(11-17(13)24(27)28)19-18(14(2)23(3)21(26)22-19)20(25)29-12-15-7-5-4-6-8-15/h4-11,19H,12H2,1-3H3,(H,22,26)/t19-/m0/s1. The summed E-state index contributed by atoms with van der Waals surface area (Å²) in [6.07, 6.45) is 0. The van der Waals surface area contributed by atoms with E-state index in [0.717, 1.165) is 5.56 Å². The molecule has 3 rings (SSSR count). The first-order chi connectivity index (χ1) is 13.8. The van der Waals surface area contributed by atoms with E-state index in [1.54, 1.807) is 33.0 Å². The summed E-state index contributed by atoms with van der Waals surface area (Å²) < 4.78 is 5.47. The molecule has 0 radical (unpaired) electrons. The van der Waals surface area contributed by atoms with Gasteiger partial charge in [0.2, 0.25) is 0 Å². The number of allylic oxidation sites excluding steroid dienone is 1. The van der Waals surface area contributed by atoms with Crippen molar-refractivity contribution in [2.45, 2.75) is 26.5 Å². The Morgan fingerprint density at radius 1 is 1.21 bits per heavy atom. The molecule has 1 atom stereocenters. The highest BCUT2D eigenvalue weighted by atomic mass is 16.6. The van der Waals surface area contributed by atoms with Crippen LogP contribution in [0.15, 0.2) is 59.8 Å². The Morgan fingerprint density at radius 2 is 1.90 bits per heavy atom. The number of hydrogen-bond acceptors (Lipinski definition) is 5. The molecule has 1 heterocycles. The van der Waals surface area contributed by atoms with Crippen molar-refractivity contribution in [3.8, 4) is 0 Å². The SMILES string of the molecule is CC1=C(C(=O)OCc2ccccc2)[C@H](c2ccc(C)c([N+](=O)[O-])c2)NC(=O)N1C. The van der Waals surface area contributed by atoms with Gasteiger partial charge in [-0.2, -0.15) is 0 Å². The first kappa shape index (κ1) is 20.1. The van der Waals surface area contributed by atoms with E-state index in [4.69, 9.17) is 4.74 Å². The number of amides is 2. The van der Waals surface area contributed by atoms with E-state index in [-0.39, 0.29) is 17.9 Å². The van der Waals surface area contributed by atoms with Crippen LogP contribution in [-0.4, -0.2) is 28.9 Å². The molecule has 0 unspecified atom stereocenters. The minimum absolute atomic E-state index is 0.0783. The molecule has 1 aliphatic heterocycles. The molecule has 0 fully saturated rings. The second kappa shape index (κ2) is 8.14. The zero-order valence-electron chi connectivity index (χ0n) is 16.3. The zero-order valence-corrected chi connectivity index (χ0v) is 16.3. The fourth-order valence-corrected chi connectivity index (χ4v) is 3.15. The van der Waals surface area contributed by atoms with E-state index in [1.165, 1.54) is 11.0 Å². The fraction of sp³-hybridized carbons (Fsp3) is 0.238. The van der Waals surface area contributed by atoms with Crippen LogP contribution in [0.4, 0.5) is 10.5 Å². The van der Waals surface area contributed by atoms with Crippen molar-refractivity contribution in [3.05, 3.63) is 86.6 Å². The number of benzene rings is 2. The van der Waals surface area contributed by atoms with Gasteiger partial charge in [-0.15, -0.1) is 0 Å². The highest BCUT2D eigenvalue weighted by Crippen LogP contribution is 2.33. The molecule has 2 aromatic rings. The minimum atomic E-state index is -0.846. The predicted molar refractivity (Wildman–Crippen MR) is 106 cm³/mol. The van der Waals surface area contributed by atoms with Gasteiger partial charge in [0.05, 0.1) is 16.5 Å². The van der Waals surface area contributed by atoms with Crippen LogP contribution in [0, 0.1) is 17.0 Å². The molecule has 2 aromatic carbocycles. The molecule has 1 N–H and O–H groups in total. The van der Waals surface area contributed by atoms with Crippen molar-refractivity contribution < 1.29 is 19.2 Å². The first-order valence-electron chi connectivity index (χ1n) is 9.00. The molecular formula is C21H21N3O5. The van der Waals surface area contributed by atoms with Crippen molar-refractivity contribution in [2.75, 3.05) is 7.05 Å². The Bertz CT molecular complexity index is 1000. The maximum atomic E-state index is 12.9. The van der Waals surface area contributed by atoms with Gasteiger partial charge in [-0.3, -0.25) is 10.1 Å². The van der Waals surface area contributed by atoms with Crippen LogP contribution in [0.25, 0.3) is 0 Å². The Balaban J connectivity index is 1.96. The molecule has 29 heavy (non-hydrogen) atoms. The van der Waals surface area contributed by atoms with E-state index in [9.17, 15) is 19.7 Å². The van der Waals surface area contributed by atoms with Crippen molar-refractivity contribution in [3.63, 3.8) is 0 Å². The third-order valence-corrected chi connectivity index (χ3v) is 4.95. The Morgan fingerprint density at radius 3 is 2.55 bits per heavy atom. The van der Waals surface area contributed by atoms with Crippen LogP contribution in [-0.2, 0) is 16.1 Å². The van der Waals surface area contributed by atoms with Crippen LogP contribution in [0.1, 0.15) is 29.7 Å². The van der Waals surface area contributed by atoms with Crippen molar-refractivity contribution >= 4 is 17.7 Å². The molecule has 0 aliphatic carbocycles. The summed E-state index contributed by atoms with van der Waals surface area (Å²) in [4.78, 5) is 37.4. The summed E-state index contributed by atoms with van der Waals surface area (Å²) in [5.41, 5.74) is 2.35. The van der Waals surface area contributed by atoms with E-state index in [1.807, 2.05) is 30.3 Å². The molecule has 150 valence electrons. The maximum Gasteiger partial charge on any atom is 0.338 e. The molecule has 0 aromatic heterocycles. The normalized spacial score (nSPS) is 16.4. The van der Waals surface area contributed by atoms with Crippen LogP contribution >= 0.6 is 0 Å². The number of nitrogens with zero attached hydrogens (tertiary/aromatic N) is 2. The number of urea groups is 1. The van der Waals surface area contributed by atoms with Crippen molar-refractivity contribution in [1.29, 1.82) is 0 Å². The zero-order chi connectivity index (χ0) is 21.1. The van der Waals surface area contributed by atoms with E-state index in [2.05, 4.69) is 5.32 Å². The number of carbonyl (C=O) groups is 2. The van der Waals surface area contributed by atoms with Crippen LogP contribution < -0.4 is 5.32 Å². The first-order valence-corrected chi connectivity index (χ1v) is 9.00. The van der Waals surface area contributed by atoms with Crippen molar-refractivity contribution in [1.82, 2.24) is 10.2 Å². The minimum Gasteiger partial charge on any atom is -0.457 e. The lowest BCUT2D eigenvalue weighted by molar-refractivity contribution is -0.385. The van der Waals surface area contributed by atoms with Gasteiger partial charge in [0.1, 0.15) is 6.61 Å². The van der Waals surface area contributed by atoms with Gasteiger partial charge in [0.15, 0.2) is 0 Å². The Labute approximate surface area is 167 Å². The highest BCUT2D eigenvalue weighted by molar-refractivity contribution is 5.95. The average Bonchev–Trinajstić information content (AvgIpc) is 2.71. The number of ether oxygens (including phenoxy) is 1. The number of hydrogen-bond donors (Lipinski definition) is 1. The molecule has 8 nitrogen and oxygen atoms in total. The molecule has 8 heteroatoms. The number of aryl methyl sites for hydroxylation is 1. The van der Waals surface area contributed by atoms with E-state index < -0.39 is 23.0 Å². The molecule has 0 bridgehead atoms. The Hall–Kier alpha value is -3.68. The van der Waals surface area contributed by atoms with Gasteiger partial charge in [0.25, 0.3) is 5.69 Å². The van der Waals surface area contributed by atoms with Gasteiger partial charge < -0.3 is 15.0 Å². The molecule has 1 aliphatic rings. The molecular weight excluding hydrogens is 374 g/mol. The summed E-state index contributed by atoms with van der Waals surface area (Å²) in [6.45, 7) is 3.35. The number of rotatable bonds is 5. The quantitative estimate of drug-likeness (QED) is 0.473. The van der Waals surface area contributed by atoms with Gasteiger partial charge in [-0.25, -0.2) is 9.59 Å². The lowest BCUT2D eigenvalue weighted by Crippen LogP contribution is -2.46. The van der Waals surface area contributed by atoms with Crippen LogP contribution in [0.2, 0.25) is 0 Å². The highest BCUT2D eigenvalue weighted by Gasteiger charge is 2.35. The summed E-state index contributed by atoms with van der Waals surface area (Å²) in [5.74, 6) is -0.591. The average molecular weight is 395 g/mol. The second-order valence-corrected chi connectivity index (χ2v) is 6.81. The smallest absolute Gasteiger partial charge is 0.338 e. The van der Waals surface area contributed by atoms with E-state index >= 15 is 0 Å². The fourth-order valence-electron chi connectivity index (χ4n) is 3.15. The Kier molecular flexibility index (Phi) is 5.63. The summed E-state index contributed by atoms with van der Waals surface area (Å²) in [6, 6.07) is 12.6. The monoisotopic (exact) mass is 395 g/mol. The molecule has 0 spiro atoms. The third-order valence-electron chi connectivity index (χ3n) is 4.95. The van der Waals surface area contributed by atoms with Gasteiger partial charge >= 0.3 is 12.0 Å². The summed E-state index contributed by atoms with van der Waals surface area (Å²) >= 11 is 0. The third kappa shape index (κ3) is 4.11. The number of nitro groups is 1.